The maximum absolute atomic E-state index is 2.34. The fraction of sp³-hybridized carbons (Fsp3) is 1.00. The molecule has 322 valence electrons. The second kappa shape index (κ2) is 47.2. The Morgan fingerprint density at radius 1 is 0.151 bits per heavy atom. The molecule has 0 radical (unpaired) electrons. The SMILES string of the molecule is CCCCCCCCCCCCCC[Te](CCCCCCCCCCCC)(CCCCCCCCCCCC)CCCCCCCCCCCCCC. The van der Waals surface area contributed by atoms with Gasteiger partial charge in [0.15, 0.2) is 0 Å². The summed E-state index contributed by atoms with van der Waals surface area (Å²) in [7, 11) is 0. The molecule has 0 atom stereocenters. The van der Waals surface area contributed by atoms with Gasteiger partial charge in [0.05, 0.1) is 0 Å². The molecule has 0 unspecified atom stereocenters. The van der Waals surface area contributed by atoms with Crippen molar-refractivity contribution in [2.45, 2.75) is 328 Å². The molecule has 0 aromatic rings. The predicted octanol–water partition coefficient (Wildman–Crippen LogP) is 20.7. The molecular weight excluding hydrogens is 752 g/mol. The van der Waals surface area contributed by atoms with Gasteiger partial charge in [-0.1, -0.05) is 26.7 Å². The maximum atomic E-state index is 2.34. The van der Waals surface area contributed by atoms with E-state index in [1.165, 1.54) is 231 Å². The van der Waals surface area contributed by atoms with Gasteiger partial charge in [-0.15, -0.1) is 0 Å². The molecule has 0 rings (SSSR count). The van der Waals surface area contributed by atoms with Gasteiger partial charge in [-0.3, -0.25) is 0 Å². The molecule has 0 N–H and O–H groups in total. The van der Waals surface area contributed by atoms with Crippen molar-refractivity contribution in [2.24, 2.45) is 0 Å². The molecule has 0 aromatic heterocycles. The normalized spacial score (nSPS) is 12.3. The second-order valence-electron chi connectivity index (χ2n) is 18.2. The van der Waals surface area contributed by atoms with Gasteiger partial charge in [0.25, 0.3) is 0 Å². The molecule has 0 saturated heterocycles. The zero-order chi connectivity index (χ0) is 38.4. The van der Waals surface area contributed by atoms with E-state index in [-0.39, 0.29) is 0 Å². The Kier molecular flexibility index (Phi) is 47.9. The van der Waals surface area contributed by atoms with E-state index in [2.05, 4.69) is 27.7 Å². The van der Waals surface area contributed by atoms with Crippen LogP contribution in [-0.4, -0.2) is 18.2 Å². The first-order chi connectivity index (χ1) is 26.2. The summed E-state index contributed by atoms with van der Waals surface area (Å²) in [5, 5.41) is 0. The molecule has 0 aliphatic heterocycles. The topological polar surface area (TPSA) is 0 Å². The van der Waals surface area contributed by atoms with Gasteiger partial charge < -0.3 is 0 Å². The Morgan fingerprint density at radius 2 is 0.264 bits per heavy atom. The van der Waals surface area contributed by atoms with Crippen LogP contribution < -0.4 is 0 Å². The van der Waals surface area contributed by atoms with Crippen LogP contribution in [-0.2, 0) is 0 Å². The minimum absolute atomic E-state index is 1.38. The van der Waals surface area contributed by atoms with E-state index >= 15 is 0 Å². The molecule has 1 heteroatoms. The summed E-state index contributed by atoms with van der Waals surface area (Å²) in [6.07, 6.45) is 66.0. The van der Waals surface area contributed by atoms with E-state index in [1.54, 1.807) is 69.2 Å². The first-order valence-electron chi connectivity index (χ1n) is 26.0. The Bertz CT molecular complexity index is 573. The van der Waals surface area contributed by atoms with E-state index in [0.717, 1.165) is 0 Å². The molecule has 0 heterocycles. The van der Waals surface area contributed by atoms with Crippen molar-refractivity contribution in [2.75, 3.05) is 0 Å². The van der Waals surface area contributed by atoms with Crippen molar-refractivity contribution in [3.05, 3.63) is 0 Å². The van der Waals surface area contributed by atoms with Crippen molar-refractivity contribution in [3.8, 4) is 0 Å². The number of hydrogen-bond acceptors (Lipinski definition) is 0. The summed E-state index contributed by atoms with van der Waals surface area (Å²) >= 11 is -1.85. The molecule has 0 amide bonds. The van der Waals surface area contributed by atoms with Crippen LogP contribution in [0.3, 0.4) is 0 Å². The van der Waals surface area contributed by atoms with Crippen molar-refractivity contribution in [1.29, 1.82) is 0 Å². The molecule has 53 heavy (non-hydrogen) atoms. The fourth-order valence-electron chi connectivity index (χ4n) is 8.90. The Morgan fingerprint density at radius 3 is 0.396 bits per heavy atom. The average molecular weight is 861 g/mol. The van der Waals surface area contributed by atoms with Crippen molar-refractivity contribution in [1.82, 2.24) is 0 Å². The number of hydrogen-bond donors (Lipinski definition) is 0. The van der Waals surface area contributed by atoms with E-state index in [0.29, 0.717) is 0 Å². The monoisotopic (exact) mass is 863 g/mol. The van der Waals surface area contributed by atoms with Crippen LogP contribution >= 0.6 is 0 Å². The van der Waals surface area contributed by atoms with Gasteiger partial charge >= 0.3 is 320 Å². The first kappa shape index (κ1) is 53.8. The zero-order valence-corrected chi connectivity index (χ0v) is 40.7. The third kappa shape index (κ3) is 42.2. The van der Waals surface area contributed by atoms with Crippen LogP contribution in [0.25, 0.3) is 0 Å². The molecular formula is C52H108Te. The van der Waals surface area contributed by atoms with Gasteiger partial charge in [-0.05, 0) is 0 Å². The minimum Gasteiger partial charge on any atom is -0.0654 e. The van der Waals surface area contributed by atoms with E-state index in [9.17, 15) is 0 Å². The zero-order valence-electron chi connectivity index (χ0n) is 38.3. The Hall–Kier alpha value is 0.790. The average Bonchev–Trinajstić information content (AvgIpc) is 3.17. The molecule has 0 fully saturated rings. The van der Waals surface area contributed by atoms with Crippen molar-refractivity contribution in [3.63, 3.8) is 0 Å². The van der Waals surface area contributed by atoms with E-state index in [4.69, 9.17) is 0 Å². The van der Waals surface area contributed by atoms with Crippen LogP contribution in [0.5, 0.6) is 0 Å². The Labute approximate surface area is 344 Å². The Balaban J connectivity index is 4.87. The molecule has 0 spiro atoms. The summed E-state index contributed by atoms with van der Waals surface area (Å²) in [4.78, 5) is 0. The van der Waals surface area contributed by atoms with Gasteiger partial charge in [-0.2, -0.15) is 0 Å². The van der Waals surface area contributed by atoms with Crippen LogP contribution in [0, 0.1) is 0 Å². The van der Waals surface area contributed by atoms with E-state index < -0.39 is 18.2 Å². The summed E-state index contributed by atoms with van der Waals surface area (Å²) in [5.74, 6) is 0. The third-order valence-electron chi connectivity index (χ3n) is 12.7. The number of rotatable bonds is 48. The molecule has 0 nitrogen and oxygen atoms in total. The van der Waals surface area contributed by atoms with Crippen LogP contribution in [0.15, 0.2) is 0 Å². The summed E-state index contributed by atoms with van der Waals surface area (Å²) in [6, 6.07) is 0. The molecule has 0 bridgehead atoms. The van der Waals surface area contributed by atoms with E-state index in [1.807, 2.05) is 0 Å². The third-order valence-corrected chi connectivity index (χ3v) is 25.9. The summed E-state index contributed by atoms with van der Waals surface area (Å²) in [6.45, 7) is 9.36. The van der Waals surface area contributed by atoms with Crippen molar-refractivity contribution >= 4 is 18.2 Å². The number of unbranched alkanes of at least 4 members (excludes halogenated alkanes) is 40. The smallest absolute Gasteiger partial charge is 0.0654 e. The van der Waals surface area contributed by atoms with Gasteiger partial charge in [-0.25, -0.2) is 0 Å². The van der Waals surface area contributed by atoms with Gasteiger partial charge in [0.1, 0.15) is 0 Å². The second-order valence-corrected chi connectivity index (χ2v) is 29.8. The molecule has 0 aliphatic carbocycles. The first-order valence-corrected chi connectivity index (χ1v) is 32.6. The van der Waals surface area contributed by atoms with Gasteiger partial charge in [0, 0.05) is 0 Å². The molecule has 0 aliphatic rings. The van der Waals surface area contributed by atoms with Crippen LogP contribution in [0.4, 0.5) is 0 Å². The standard InChI is InChI=1S/C52H108Te/c1-5-9-13-17-21-25-29-31-35-39-43-47-51-53(49-45-41-37-33-27-23-19-15-11-7-3,50-46-42-38-34-28-24-20-16-12-8-4)52-48-44-40-36-32-30-26-22-18-14-10-6-2/h5-52H2,1-4H3. The fourth-order valence-corrected chi connectivity index (χ4v) is 21.7. The predicted molar refractivity (Wildman–Crippen MR) is 251 cm³/mol. The van der Waals surface area contributed by atoms with Crippen molar-refractivity contribution < 1.29 is 0 Å². The van der Waals surface area contributed by atoms with Crippen LogP contribution in [0.1, 0.15) is 310 Å². The molecule has 0 saturated carbocycles. The summed E-state index contributed by atoms with van der Waals surface area (Å²) in [5.41, 5.74) is 0. The molecule has 0 aromatic carbocycles. The minimum atomic E-state index is -1.85. The van der Waals surface area contributed by atoms with Crippen LogP contribution in [0.2, 0.25) is 17.9 Å². The quantitative estimate of drug-likeness (QED) is 0.0422. The van der Waals surface area contributed by atoms with Gasteiger partial charge in [0.2, 0.25) is 0 Å². The summed E-state index contributed by atoms with van der Waals surface area (Å²) < 4.78 is 6.97.